The highest BCUT2D eigenvalue weighted by molar-refractivity contribution is 5.84. The maximum Gasteiger partial charge on any atom is 0.307 e. The van der Waals surface area contributed by atoms with E-state index in [1.54, 1.807) is 6.07 Å². The van der Waals surface area contributed by atoms with Crippen molar-refractivity contribution in [2.24, 2.45) is 5.92 Å². The number of aliphatic carboxylic acids is 1. The van der Waals surface area contributed by atoms with Crippen molar-refractivity contribution >= 4 is 16.9 Å². The number of furan rings is 1. The third-order valence-electron chi connectivity index (χ3n) is 7.48. The highest BCUT2D eigenvalue weighted by Gasteiger charge is 2.45. The summed E-state index contributed by atoms with van der Waals surface area (Å²) in [6.45, 7) is 1.78. The van der Waals surface area contributed by atoms with Crippen LogP contribution in [0.25, 0.3) is 22.3 Å². The van der Waals surface area contributed by atoms with Crippen LogP contribution in [-0.4, -0.2) is 29.1 Å². The molecule has 0 bridgehead atoms. The highest BCUT2D eigenvalue weighted by atomic mass is 19.1. The predicted molar refractivity (Wildman–Crippen MR) is 129 cm³/mol. The Bertz CT molecular complexity index is 1370. The molecule has 5 heteroatoms. The van der Waals surface area contributed by atoms with E-state index in [4.69, 9.17) is 4.42 Å². The zero-order chi connectivity index (χ0) is 23.3. The van der Waals surface area contributed by atoms with E-state index in [0.29, 0.717) is 30.8 Å². The molecule has 1 saturated heterocycles. The molecule has 3 aromatic carbocycles. The van der Waals surface area contributed by atoms with Crippen molar-refractivity contribution < 1.29 is 18.7 Å². The van der Waals surface area contributed by atoms with Gasteiger partial charge >= 0.3 is 5.97 Å². The number of carbonyl (C=O) groups is 1. The zero-order valence-corrected chi connectivity index (χ0v) is 18.8. The molecule has 2 aliphatic rings. The van der Waals surface area contributed by atoms with Gasteiger partial charge in [0, 0.05) is 23.9 Å². The van der Waals surface area contributed by atoms with Gasteiger partial charge in [0.1, 0.15) is 17.2 Å². The Kier molecular flexibility index (Phi) is 5.03. The second-order valence-electron chi connectivity index (χ2n) is 9.68. The van der Waals surface area contributed by atoms with Crippen LogP contribution in [0.5, 0.6) is 0 Å². The van der Waals surface area contributed by atoms with E-state index in [0.717, 1.165) is 35.9 Å². The normalized spacial score (nSPS) is 19.5. The standard InChI is InChI=1S/C29H26FNO3/c30-25-14-19(17-31-13-10-21(18-31)28(32)33)6-9-24(25)27-15-20-7-8-23(16-26(20)34-27)29(11-12-29)22-4-2-1-3-5-22/h1-9,14-16,21H,10-13,17-18H2,(H,32,33). The number of likely N-dealkylation sites (tertiary alicyclic amines) is 1. The molecule has 1 N–H and O–H groups in total. The minimum atomic E-state index is -0.756. The number of hydrogen-bond acceptors (Lipinski definition) is 3. The Labute approximate surface area is 197 Å². The van der Waals surface area contributed by atoms with Gasteiger partial charge in [0.25, 0.3) is 0 Å². The summed E-state index contributed by atoms with van der Waals surface area (Å²) in [7, 11) is 0. The van der Waals surface area contributed by atoms with Crippen molar-refractivity contribution in [3.63, 3.8) is 0 Å². The van der Waals surface area contributed by atoms with Gasteiger partial charge in [-0.25, -0.2) is 4.39 Å². The van der Waals surface area contributed by atoms with Gasteiger partial charge in [-0.3, -0.25) is 9.69 Å². The summed E-state index contributed by atoms with van der Waals surface area (Å²) < 4.78 is 21.2. The third-order valence-corrected chi connectivity index (χ3v) is 7.48. The van der Waals surface area contributed by atoms with Gasteiger partial charge in [-0.2, -0.15) is 0 Å². The topological polar surface area (TPSA) is 53.7 Å². The van der Waals surface area contributed by atoms with Gasteiger partial charge in [0.15, 0.2) is 0 Å². The minimum Gasteiger partial charge on any atom is -0.481 e. The Hall–Kier alpha value is -3.44. The van der Waals surface area contributed by atoms with E-state index in [1.807, 2.05) is 18.2 Å². The Morgan fingerprint density at radius 2 is 1.85 bits per heavy atom. The monoisotopic (exact) mass is 455 g/mol. The predicted octanol–water partition coefficient (Wildman–Crippen LogP) is 6.23. The van der Waals surface area contributed by atoms with Crippen LogP contribution < -0.4 is 0 Å². The van der Waals surface area contributed by atoms with E-state index in [9.17, 15) is 9.90 Å². The van der Waals surface area contributed by atoms with Gasteiger partial charge in [-0.15, -0.1) is 0 Å². The molecule has 6 rings (SSSR count). The lowest BCUT2D eigenvalue weighted by Crippen LogP contribution is -2.22. The average molecular weight is 456 g/mol. The molecular formula is C29H26FNO3. The number of hydrogen-bond donors (Lipinski definition) is 1. The molecule has 1 aliphatic heterocycles. The lowest BCUT2D eigenvalue weighted by molar-refractivity contribution is -0.141. The number of rotatable bonds is 6. The number of benzene rings is 3. The molecule has 1 aliphatic carbocycles. The first kappa shape index (κ1) is 21.1. The molecule has 0 radical (unpaired) electrons. The van der Waals surface area contributed by atoms with Crippen molar-refractivity contribution in [3.8, 4) is 11.3 Å². The maximum atomic E-state index is 15.1. The fourth-order valence-corrected chi connectivity index (χ4v) is 5.38. The molecule has 2 fully saturated rings. The third kappa shape index (κ3) is 3.70. The number of nitrogens with zero attached hydrogens (tertiary/aromatic N) is 1. The van der Waals surface area contributed by atoms with Crippen LogP contribution in [-0.2, 0) is 16.8 Å². The summed E-state index contributed by atoms with van der Waals surface area (Å²) in [6.07, 6.45) is 2.88. The van der Waals surface area contributed by atoms with Gasteiger partial charge < -0.3 is 9.52 Å². The molecular weight excluding hydrogens is 429 g/mol. The first-order chi connectivity index (χ1) is 16.5. The lowest BCUT2D eigenvalue weighted by Gasteiger charge is -2.16. The SMILES string of the molecule is O=C(O)C1CCN(Cc2ccc(-c3cc4ccc(C5(c6ccccc6)CC5)cc4o3)c(F)c2)C1. The first-order valence-electron chi connectivity index (χ1n) is 11.9. The molecule has 0 spiro atoms. The smallest absolute Gasteiger partial charge is 0.307 e. The number of fused-ring (bicyclic) bond motifs is 1. The van der Waals surface area contributed by atoms with E-state index in [2.05, 4.69) is 47.4 Å². The van der Waals surface area contributed by atoms with Crippen molar-refractivity contribution in [2.75, 3.05) is 13.1 Å². The van der Waals surface area contributed by atoms with E-state index in [-0.39, 0.29) is 17.2 Å². The molecule has 172 valence electrons. The molecule has 4 aromatic rings. The molecule has 1 unspecified atom stereocenters. The zero-order valence-electron chi connectivity index (χ0n) is 18.8. The van der Waals surface area contributed by atoms with Crippen LogP contribution in [0.1, 0.15) is 36.0 Å². The molecule has 34 heavy (non-hydrogen) atoms. The number of halogens is 1. The molecule has 4 nitrogen and oxygen atoms in total. The molecule has 1 aromatic heterocycles. The van der Waals surface area contributed by atoms with Crippen LogP contribution >= 0.6 is 0 Å². The summed E-state index contributed by atoms with van der Waals surface area (Å²) >= 11 is 0. The molecule has 2 heterocycles. The number of carboxylic acids is 1. The van der Waals surface area contributed by atoms with Gasteiger partial charge in [-0.05, 0) is 66.8 Å². The quantitative estimate of drug-likeness (QED) is 0.375. The van der Waals surface area contributed by atoms with Crippen molar-refractivity contribution in [2.45, 2.75) is 31.2 Å². The van der Waals surface area contributed by atoms with Crippen LogP contribution in [0.4, 0.5) is 4.39 Å². The van der Waals surface area contributed by atoms with Crippen molar-refractivity contribution in [1.82, 2.24) is 4.90 Å². The largest absolute Gasteiger partial charge is 0.481 e. The van der Waals surface area contributed by atoms with Crippen LogP contribution in [0.2, 0.25) is 0 Å². The lowest BCUT2D eigenvalue weighted by atomic mass is 9.88. The Balaban J connectivity index is 1.25. The van der Waals surface area contributed by atoms with Crippen LogP contribution in [0, 0.1) is 11.7 Å². The summed E-state index contributed by atoms with van der Waals surface area (Å²) in [6, 6.07) is 24.0. The van der Waals surface area contributed by atoms with E-state index < -0.39 is 5.97 Å². The van der Waals surface area contributed by atoms with Gasteiger partial charge in [0.05, 0.1) is 11.5 Å². The number of carboxylic acid groups (broad SMARTS) is 1. The second kappa shape index (κ2) is 8.10. The Morgan fingerprint density at radius 3 is 2.56 bits per heavy atom. The van der Waals surface area contributed by atoms with Crippen LogP contribution in [0.15, 0.2) is 77.2 Å². The summed E-state index contributed by atoms with van der Waals surface area (Å²) in [4.78, 5) is 13.2. The maximum absolute atomic E-state index is 15.1. The van der Waals surface area contributed by atoms with Gasteiger partial charge in [0.2, 0.25) is 0 Å². The summed E-state index contributed by atoms with van der Waals surface area (Å²) in [5, 5.41) is 10.2. The first-order valence-corrected chi connectivity index (χ1v) is 11.9. The molecule has 1 saturated carbocycles. The molecule has 1 atom stereocenters. The van der Waals surface area contributed by atoms with Crippen molar-refractivity contribution in [1.29, 1.82) is 0 Å². The van der Waals surface area contributed by atoms with Gasteiger partial charge in [-0.1, -0.05) is 48.5 Å². The summed E-state index contributed by atoms with van der Waals surface area (Å²) in [5.41, 5.74) is 4.68. The minimum absolute atomic E-state index is 0.0600. The van der Waals surface area contributed by atoms with Crippen molar-refractivity contribution in [3.05, 3.63) is 95.3 Å². The van der Waals surface area contributed by atoms with E-state index >= 15 is 4.39 Å². The van der Waals surface area contributed by atoms with Crippen LogP contribution in [0.3, 0.4) is 0 Å². The average Bonchev–Trinajstić information content (AvgIpc) is 3.32. The molecule has 0 amide bonds. The second-order valence-corrected chi connectivity index (χ2v) is 9.68. The Morgan fingerprint density at radius 1 is 1.03 bits per heavy atom. The van der Waals surface area contributed by atoms with E-state index in [1.165, 1.54) is 17.2 Å². The fourth-order valence-electron chi connectivity index (χ4n) is 5.38. The summed E-state index contributed by atoms with van der Waals surface area (Å²) in [5.74, 6) is -0.892. The highest BCUT2D eigenvalue weighted by Crippen LogP contribution is 2.54. The fraction of sp³-hybridized carbons (Fsp3) is 0.276.